The number of aromatic nitrogens is 2. The third-order valence-electron chi connectivity index (χ3n) is 4.82. The Kier molecular flexibility index (Phi) is 7.15. The molecule has 34 heavy (non-hydrogen) atoms. The average Bonchev–Trinajstić information content (AvgIpc) is 2.77. The van der Waals surface area contributed by atoms with Gasteiger partial charge in [0.05, 0.1) is 29.2 Å². The highest BCUT2D eigenvalue weighted by atomic mass is 79.9. The number of carbonyl (C=O) groups is 1. The third kappa shape index (κ3) is 5.30. The minimum absolute atomic E-state index is 0.0928. The molecule has 0 aliphatic rings. The van der Waals surface area contributed by atoms with Crippen LogP contribution in [0.25, 0.3) is 10.9 Å². The van der Waals surface area contributed by atoms with E-state index in [4.69, 9.17) is 4.74 Å². The van der Waals surface area contributed by atoms with Crippen molar-refractivity contribution in [3.8, 4) is 5.75 Å². The summed E-state index contributed by atoms with van der Waals surface area (Å²) >= 11 is 3.36. The van der Waals surface area contributed by atoms with Crippen molar-refractivity contribution < 1.29 is 19.2 Å². The van der Waals surface area contributed by atoms with Crippen LogP contribution < -0.4 is 10.3 Å². The zero-order valence-corrected chi connectivity index (χ0v) is 20.8. The lowest BCUT2D eigenvalue weighted by Crippen LogP contribution is -2.29. The number of methoxy groups -OCH3 is 1. The fourth-order valence-electron chi connectivity index (χ4n) is 3.13. The molecule has 0 spiro atoms. The van der Waals surface area contributed by atoms with Gasteiger partial charge in [-0.3, -0.25) is 14.9 Å². The van der Waals surface area contributed by atoms with Gasteiger partial charge in [0.15, 0.2) is 11.9 Å². The first-order valence-electron chi connectivity index (χ1n) is 10.2. The van der Waals surface area contributed by atoms with Gasteiger partial charge in [-0.1, -0.05) is 36.7 Å². The molecule has 11 heteroatoms. The van der Waals surface area contributed by atoms with Crippen LogP contribution in [0.5, 0.6) is 5.75 Å². The second kappa shape index (κ2) is 9.72. The maximum atomic E-state index is 13.2. The topological polar surface area (TPSA) is 126 Å². The van der Waals surface area contributed by atoms with E-state index in [2.05, 4.69) is 30.8 Å². The molecule has 2 aromatic carbocycles. The molecule has 178 valence electrons. The number of carbonyl (C=O) groups excluding carboxylic acids is 1. The van der Waals surface area contributed by atoms with E-state index in [1.54, 1.807) is 18.2 Å². The molecular formula is C23H23BrN4O6. The van der Waals surface area contributed by atoms with E-state index in [9.17, 15) is 19.7 Å². The molecule has 3 rings (SSSR count). The highest BCUT2D eigenvalue weighted by Gasteiger charge is 2.24. The normalized spacial score (nSPS) is 12.6. The van der Waals surface area contributed by atoms with E-state index >= 15 is 0 Å². The standard InChI is InChI=1S/C23H23BrN4O6/c1-13(21(30)33-5)34-19-9-6-14(10-18(19)28(31)32)12-25-27-20(29)16-11-15(24)7-8-17(16)26-22(27)23(2,3)4/h6-13H,1-5H3/t13-/m1/s1. The van der Waals surface area contributed by atoms with Gasteiger partial charge < -0.3 is 9.47 Å². The van der Waals surface area contributed by atoms with Gasteiger partial charge in [0.1, 0.15) is 5.82 Å². The monoisotopic (exact) mass is 530 g/mol. The maximum absolute atomic E-state index is 13.2. The molecule has 0 aliphatic carbocycles. The number of nitro groups is 1. The summed E-state index contributed by atoms with van der Waals surface area (Å²) in [7, 11) is 1.20. The highest BCUT2D eigenvalue weighted by Crippen LogP contribution is 2.29. The summed E-state index contributed by atoms with van der Waals surface area (Å²) in [5.41, 5.74) is -0.337. The largest absolute Gasteiger partial charge is 0.472 e. The molecule has 0 saturated heterocycles. The molecule has 0 saturated carbocycles. The molecule has 0 aliphatic heterocycles. The molecule has 1 aromatic heterocycles. The van der Waals surface area contributed by atoms with E-state index < -0.39 is 22.4 Å². The Balaban J connectivity index is 2.08. The van der Waals surface area contributed by atoms with Crippen LogP contribution in [0, 0.1) is 10.1 Å². The fourth-order valence-corrected chi connectivity index (χ4v) is 3.49. The lowest BCUT2D eigenvalue weighted by molar-refractivity contribution is -0.386. The first-order valence-corrected chi connectivity index (χ1v) is 11.0. The maximum Gasteiger partial charge on any atom is 0.346 e. The summed E-state index contributed by atoms with van der Waals surface area (Å²) in [5.74, 6) is -0.320. The highest BCUT2D eigenvalue weighted by molar-refractivity contribution is 9.10. The molecule has 1 heterocycles. The molecule has 0 N–H and O–H groups in total. The van der Waals surface area contributed by atoms with E-state index in [1.165, 1.54) is 43.1 Å². The lowest BCUT2D eigenvalue weighted by atomic mass is 9.95. The van der Waals surface area contributed by atoms with Crippen molar-refractivity contribution in [2.45, 2.75) is 39.2 Å². The number of fused-ring (bicyclic) bond motifs is 1. The SMILES string of the molecule is COC(=O)[C@@H](C)Oc1ccc(C=Nn2c(C(C)(C)C)nc3ccc(Br)cc3c2=O)cc1[N+](=O)[O-]. The van der Waals surface area contributed by atoms with Crippen molar-refractivity contribution in [3.05, 3.63) is 72.7 Å². The number of hydrogen-bond acceptors (Lipinski definition) is 8. The summed E-state index contributed by atoms with van der Waals surface area (Å²) in [4.78, 5) is 40.4. The molecular weight excluding hydrogens is 508 g/mol. The summed E-state index contributed by atoms with van der Waals surface area (Å²) in [5, 5.41) is 16.3. The van der Waals surface area contributed by atoms with Crippen LogP contribution in [0.1, 0.15) is 39.1 Å². The van der Waals surface area contributed by atoms with Crippen LogP contribution in [-0.2, 0) is 14.9 Å². The number of hydrogen-bond donors (Lipinski definition) is 0. The van der Waals surface area contributed by atoms with Crippen LogP contribution in [0.4, 0.5) is 5.69 Å². The van der Waals surface area contributed by atoms with Gasteiger partial charge >= 0.3 is 11.7 Å². The predicted molar refractivity (Wildman–Crippen MR) is 131 cm³/mol. The number of halogens is 1. The van der Waals surface area contributed by atoms with Crippen molar-refractivity contribution in [2.75, 3.05) is 7.11 Å². The molecule has 10 nitrogen and oxygen atoms in total. The quantitative estimate of drug-likeness (QED) is 0.202. The summed E-state index contributed by atoms with van der Waals surface area (Å²) in [6.07, 6.45) is 0.307. The fraction of sp³-hybridized carbons (Fsp3) is 0.304. The average molecular weight is 531 g/mol. The van der Waals surface area contributed by atoms with Crippen LogP contribution >= 0.6 is 15.9 Å². The smallest absolute Gasteiger partial charge is 0.346 e. The minimum atomic E-state index is -1.03. The molecule has 0 bridgehead atoms. The van der Waals surface area contributed by atoms with Gasteiger partial charge in [-0.2, -0.15) is 9.78 Å². The molecule has 0 unspecified atom stereocenters. The predicted octanol–water partition coefficient (Wildman–Crippen LogP) is 4.19. The van der Waals surface area contributed by atoms with E-state index in [0.29, 0.717) is 22.3 Å². The van der Waals surface area contributed by atoms with Crippen molar-refractivity contribution in [3.63, 3.8) is 0 Å². The molecule has 0 radical (unpaired) electrons. The summed E-state index contributed by atoms with van der Waals surface area (Å²) in [6, 6.07) is 9.36. The number of nitrogens with zero attached hydrogens (tertiary/aromatic N) is 4. The van der Waals surface area contributed by atoms with E-state index in [0.717, 1.165) is 4.47 Å². The molecule has 1 atom stereocenters. The Morgan fingerprint density at radius 3 is 2.59 bits per heavy atom. The third-order valence-corrected chi connectivity index (χ3v) is 5.31. The number of benzene rings is 2. The van der Waals surface area contributed by atoms with Crippen LogP contribution in [0.3, 0.4) is 0 Å². The van der Waals surface area contributed by atoms with Crippen molar-refractivity contribution in [2.24, 2.45) is 5.10 Å². The first kappa shape index (κ1) is 25.0. The molecule has 0 amide bonds. The van der Waals surface area contributed by atoms with Crippen molar-refractivity contribution in [1.29, 1.82) is 0 Å². The molecule has 0 fully saturated rings. The van der Waals surface area contributed by atoms with Crippen LogP contribution in [0.2, 0.25) is 0 Å². The Bertz CT molecular complexity index is 1360. The Morgan fingerprint density at radius 2 is 1.97 bits per heavy atom. The lowest BCUT2D eigenvalue weighted by Gasteiger charge is -2.20. The Morgan fingerprint density at radius 1 is 1.26 bits per heavy atom. The summed E-state index contributed by atoms with van der Waals surface area (Å²) in [6.45, 7) is 7.15. The van der Waals surface area contributed by atoms with Crippen LogP contribution in [0.15, 0.2) is 50.8 Å². The van der Waals surface area contributed by atoms with Gasteiger partial charge in [-0.25, -0.2) is 9.78 Å². The second-order valence-electron chi connectivity index (χ2n) is 8.48. The number of rotatable bonds is 6. The van der Waals surface area contributed by atoms with Gasteiger partial charge in [-0.15, -0.1) is 0 Å². The van der Waals surface area contributed by atoms with E-state index in [-0.39, 0.29) is 17.0 Å². The van der Waals surface area contributed by atoms with Crippen LogP contribution in [-0.4, -0.2) is 40.0 Å². The van der Waals surface area contributed by atoms with Gasteiger partial charge in [0.25, 0.3) is 5.56 Å². The number of nitro benzene ring substituents is 1. The van der Waals surface area contributed by atoms with Crippen molar-refractivity contribution >= 4 is 44.7 Å². The number of esters is 1. The minimum Gasteiger partial charge on any atom is -0.472 e. The van der Waals surface area contributed by atoms with Gasteiger partial charge in [-0.05, 0) is 37.3 Å². The van der Waals surface area contributed by atoms with Crippen molar-refractivity contribution in [1.82, 2.24) is 9.66 Å². The Labute approximate surface area is 203 Å². The van der Waals surface area contributed by atoms with E-state index in [1.807, 2.05) is 20.8 Å². The number of ether oxygens (including phenoxy) is 2. The zero-order chi connectivity index (χ0) is 25.2. The zero-order valence-electron chi connectivity index (χ0n) is 19.2. The van der Waals surface area contributed by atoms with Gasteiger partial charge in [0, 0.05) is 21.5 Å². The van der Waals surface area contributed by atoms with Gasteiger partial charge in [0.2, 0.25) is 0 Å². The summed E-state index contributed by atoms with van der Waals surface area (Å²) < 4.78 is 11.9. The Hall–Kier alpha value is -3.60. The molecule has 3 aromatic rings. The second-order valence-corrected chi connectivity index (χ2v) is 9.39. The first-order chi connectivity index (χ1) is 15.9.